The van der Waals surface area contributed by atoms with Gasteiger partial charge in [0.1, 0.15) is 0 Å². The van der Waals surface area contributed by atoms with Gasteiger partial charge in [-0.1, -0.05) is 6.42 Å². The summed E-state index contributed by atoms with van der Waals surface area (Å²) >= 11 is 0. The monoisotopic (exact) mass is 242 g/mol. The Morgan fingerprint density at radius 3 is 2.76 bits per heavy atom. The van der Waals surface area contributed by atoms with Gasteiger partial charge in [-0.15, -0.1) is 0 Å². The molecular formula is C13H26N2O2. The lowest BCUT2D eigenvalue weighted by Crippen LogP contribution is -2.49. The van der Waals surface area contributed by atoms with E-state index in [-0.39, 0.29) is 11.4 Å². The number of hydrogen-bond donors (Lipinski definition) is 1. The molecule has 4 nitrogen and oxygen atoms in total. The highest BCUT2D eigenvalue weighted by Gasteiger charge is 2.25. The summed E-state index contributed by atoms with van der Waals surface area (Å²) in [4.78, 5) is 14.3. The van der Waals surface area contributed by atoms with E-state index in [1.54, 1.807) is 7.11 Å². The van der Waals surface area contributed by atoms with Crippen LogP contribution in [0.1, 0.15) is 39.5 Å². The van der Waals surface area contributed by atoms with Crippen LogP contribution < -0.4 is 5.32 Å². The zero-order valence-electron chi connectivity index (χ0n) is 11.6. The van der Waals surface area contributed by atoms with Gasteiger partial charge in [0.05, 0.1) is 12.1 Å². The minimum atomic E-state index is -0.279. The van der Waals surface area contributed by atoms with E-state index < -0.39 is 0 Å². The largest absolute Gasteiger partial charge is 0.382 e. The van der Waals surface area contributed by atoms with Crippen LogP contribution in [0.5, 0.6) is 0 Å². The molecule has 0 aromatic carbocycles. The van der Waals surface area contributed by atoms with E-state index in [4.69, 9.17) is 4.74 Å². The number of nitrogens with zero attached hydrogens (tertiary/aromatic N) is 1. The molecule has 1 saturated heterocycles. The van der Waals surface area contributed by atoms with Crippen LogP contribution in [0.2, 0.25) is 0 Å². The molecule has 0 bridgehead atoms. The molecular weight excluding hydrogens is 216 g/mol. The van der Waals surface area contributed by atoms with Crippen LogP contribution in [0.15, 0.2) is 0 Å². The Labute approximate surface area is 105 Å². The molecule has 0 radical (unpaired) electrons. The number of rotatable bonds is 5. The minimum Gasteiger partial charge on any atom is -0.382 e. The number of hydrogen-bond acceptors (Lipinski definition) is 3. The fourth-order valence-corrected chi connectivity index (χ4v) is 2.44. The van der Waals surface area contributed by atoms with E-state index in [2.05, 4.69) is 17.3 Å². The smallest absolute Gasteiger partial charge is 0.222 e. The van der Waals surface area contributed by atoms with E-state index in [0.29, 0.717) is 19.1 Å². The predicted octanol–water partition coefficient (Wildman–Crippen LogP) is 1.40. The van der Waals surface area contributed by atoms with Crippen LogP contribution >= 0.6 is 0 Å². The van der Waals surface area contributed by atoms with Gasteiger partial charge in [-0.2, -0.15) is 0 Å². The number of methoxy groups -OCH3 is 1. The van der Waals surface area contributed by atoms with Crippen LogP contribution in [-0.4, -0.2) is 49.7 Å². The Kier molecular flexibility index (Phi) is 5.40. The van der Waals surface area contributed by atoms with Crippen molar-refractivity contribution in [1.82, 2.24) is 10.2 Å². The Balaban J connectivity index is 2.38. The molecule has 0 aromatic rings. The molecule has 1 amide bonds. The standard InChI is InChI=1S/C13H26N2O2/c1-13(2,10-17-4)14-12(16)9-11-7-5-6-8-15(11)3/h11H,5-10H2,1-4H3,(H,14,16)/t11-/m0/s1. The van der Waals surface area contributed by atoms with Crippen molar-refractivity contribution in [3.63, 3.8) is 0 Å². The fourth-order valence-electron chi connectivity index (χ4n) is 2.44. The summed E-state index contributed by atoms with van der Waals surface area (Å²) in [5, 5.41) is 3.03. The lowest BCUT2D eigenvalue weighted by atomic mass is 9.99. The van der Waals surface area contributed by atoms with Crippen molar-refractivity contribution in [2.24, 2.45) is 0 Å². The van der Waals surface area contributed by atoms with Gasteiger partial charge in [0.15, 0.2) is 0 Å². The third-order valence-corrected chi connectivity index (χ3v) is 3.33. The van der Waals surface area contributed by atoms with Gasteiger partial charge in [0.25, 0.3) is 0 Å². The minimum absolute atomic E-state index is 0.130. The number of carbonyl (C=O) groups excluding carboxylic acids is 1. The average Bonchev–Trinajstić information content (AvgIpc) is 2.20. The molecule has 1 atom stereocenters. The summed E-state index contributed by atoms with van der Waals surface area (Å²) < 4.78 is 5.09. The molecule has 4 heteroatoms. The predicted molar refractivity (Wildman–Crippen MR) is 69.0 cm³/mol. The molecule has 0 aliphatic carbocycles. The number of nitrogens with one attached hydrogen (secondary N) is 1. The molecule has 17 heavy (non-hydrogen) atoms. The second-order valence-electron chi connectivity index (χ2n) is 5.70. The second kappa shape index (κ2) is 6.36. The zero-order valence-corrected chi connectivity index (χ0v) is 11.6. The van der Waals surface area contributed by atoms with Crippen molar-refractivity contribution in [1.29, 1.82) is 0 Å². The molecule has 1 aliphatic heterocycles. The SMILES string of the molecule is COCC(C)(C)NC(=O)C[C@@H]1CCCCN1C. The lowest BCUT2D eigenvalue weighted by Gasteiger charge is -2.33. The van der Waals surface area contributed by atoms with Crippen molar-refractivity contribution >= 4 is 5.91 Å². The maximum Gasteiger partial charge on any atom is 0.222 e. The molecule has 100 valence electrons. The normalized spacial score (nSPS) is 22.5. The topological polar surface area (TPSA) is 41.6 Å². The third kappa shape index (κ3) is 5.04. The van der Waals surface area contributed by atoms with Gasteiger partial charge >= 0.3 is 0 Å². The number of amides is 1. The summed E-state index contributed by atoms with van der Waals surface area (Å²) in [5.74, 6) is 0.130. The molecule has 0 spiro atoms. The van der Waals surface area contributed by atoms with E-state index in [1.807, 2.05) is 13.8 Å². The molecule has 0 unspecified atom stereocenters. The van der Waals surface area contributed by atoms with Crippen LogP contribution in [0.3, 0.4) is 0 Å². The molecule has 1 heterocycles. The second-order valence-corrected chi connectivity index (χ2v) is 5.70. The maximum absolute atomic E-state index is 12.0. The van der Waals surface area contributed by atoms with Gasteiger partial charge in [0.2, 0.25) is 5.91 Å². The first-order valence-corrected chi connectivity index (χ1v) is 6.45. The van der Waals surface area contributed by atoms with Crippen molar-refractivity contribution < 1.29 is 9.53 Å². The summed E-state index contributed by atoms with van der Waals surface area (Å²) in [7, 11) is 3.76. The van der Waals surface area contributed by atoms with E-state index in [9.17, 15) is 4.79 Å². The average molecular weight is 242 g/mol. The molecule has 0 aromatic heterocycles. The van der Waals surface area contributed by atoms with Crippen LogP contribution in [0.25, 0.3) is 0 Å². The fraction of sp³-hybridized carbons (Fsp3) is 0.923. The summed E-state index contributed by atoms with van der Waals surface area (Å²) in [6.07, 6.45) is 4.23. The van der Waals surface area contributed by atoms with Crippen molar-refractivity contribution in [2.75, 3.05) is 27.3 Å². The molecule has 1 rings (SSSR count). The Bertz CT molecular complexity index is 254. The Hall–Kier alpha value is -0.610. The zero-order chi connectivity index (χ0) is 12.9. The van der Waals surface area contributed by atoms with E-state index in [1.165, 1.54) is 12.8 Å². The number of piperidine rings is 1. The first kappa shape index (κ1) is 14.5. The Morgan fingerprint density at radius 2 is 2.18 bits per heavy atom. The lowest BCUT2D eigenvalue weighted by molar-refractivity contribution is -0.124. The molecule has 0 saturated carbocycles. The third-order valence-electron chi connectivity index (χ3n) is 3.33. The van der Waals surface area contributed by atoms with Gasteiger partial charge in [0, 0.05) is 19.6 Å². The highest BCUT2D eigenvalue weighted by molar-refractivity contribution is 5.77. The Morgan fingerprint density at radius 1 is 1.47 bits per heavy atom. The summed E-state index contributed by atoms with van der Waals surface area (Å²) in [6.45, 7) is 5.62. The number of ether oxygens (including phenoxy) is 1. The first-order chi connectivity index (χ1) is 7.94. The van der Waals surface area contributed by atoms with Gasteiger partial charge < -0.3 is 15.0 Å². The van der Waals surface area contributed by atoms with Crippen molar-refractivity contribution in [3.8, 4) is 0 Å². The van der Waals surface area contributed by atoms with Crippen molar-refractivity contribution in [2.45, 2.75) is 51.1 Å². The van der Waals surface area contributed by atoms with Gasteiger partial charge in [-0.05, 0) is 40.3 Å². The van der Waals surface area contributed by atoms with Crippen LogP contribution in [0, 0.1) is 0 Å². The molecule has 1 N–H and O–H groups in total. The molecule has 1 aliphatic rings. The van der Waals surface area contributed by atoms with E-state index >= 15 is 0 Å². The van der Waals surface area contributed by atoms with Crippen LogP contribution in [0.4, 0.5) is 0 Å². The summed E-state index contributed by atoms with van der Waals surface area (Å²) in [6, 6.07) is 0.405. The maximum atomic E-state index is 12.0. The summed E-state index contributed by atoms with van der Waals surface area (Å²) in [5.41, 5.74) is -0.279. The molecule has 1 fully saturated rings. The highest BCUT2D eigenvalue weighted by Crippen LogP contribution is 2.18. The number of likely N-dealkylation sites (tertiary alicyclic amines) is 1. The number of carbonyl (C=O) groups is 1. The highest BCUT2D eigenvalue weighted by atomic mass is 16.5. The van der Waals surface area contributed by atoms with Gasteiger partial charge in [-0.3, -0.25) is 4.79 Å². The first-order valence-electron chi connectivity index (χ1n) is 6.45. The van der Waals surface area contributed by atoms with Crippen LogP contribution in [-0.2, 0) is 9.53 Å². The van der Waals surface area contributed by atoms with Gasteiger partial charge in [-0.25, -0.2) is 0 Å². The van der Waals surface area contributed by atoms with Crippen molar-refractivity contribution in [3.05, 3.63) is 0 Å². The quantitative estimate of drug-likeness (QED) is 0.792. The van der Waals surface area contributed by atoms with E-state index in [0.717, 1.165) is 13.0 Å².